The van der Waals surface area contributed by atoms with Crippen molar-refractivity contribution in [2.45, 2.75) is 32.4 Å². The van der Waals surface area contributed by atoms with Crippen molar-refractivity contribution in [2.24, 2.45) is 4.99 Å². The summed E-state index contributed by atoms with van der Waals surface area (Å²) in [6.45, 7) is 5.09. The van der Waals surface area contributed by atoms with E-state index in [1.165, 1.54) is 37.1 Å². The molecule has 1 fully saturated rings. The Morgan fingerprint density at radius 1 is 1.03 bits per heavy atom. The molecule has 6 heteroatoms. The number of likely N-dealkylation sites (tertiary alicyclic amines) is 1. The van der Waals surface area contributed by atoms with Gasteiger partial charge in [0, 0.05) is 45.5 Å². The molecule has 3 aromatic rings. The van der Waals surface area contributed by atoms with E-state index < -0.39 is 0 Å². The number of hydrogen-bond acceptors (Lipinski definition) is 3. The van der Waals surface area contributed by atoms with E-state index in [9.17, 15) is 0 Å². The lowest BCUT2D eigenvalue weighted by molar-refractivity contribution is 0.331. The predicted molar refractivity (Wildman–Crippen MR) is 118 cm³/mol. The van der Waals surface area contributed by atoms with Gasteiger partial charge in [0.2, 0.25) is 0 Å². The maximum absolute atomic E-state index is 4.63. The second kappa shape index (κ2) is 9.56. The van der Waals surface area contributed by atoms with Crippen LogP contribution in [-0.2, 0) is 19.5 Å². The molecular formula is C23H30N6. The van der Waals surface area contributed by atoms with Crippen molar-refractivity contribution in [3.8, 4) is 0 Å². The van der Waals surface area contributed by atoms with E-state index in [1.807, 2.05) is 24.4 Å². The Bertz CT molecular complexity index is 904. The van der Waals surface area contributed by atoms with Crippen LogP contribution in [0.2, 0.25) is 0 Å². The maximum atomic E-state index is 4.63. The number of guanidine groups is 1. The first kappa shape index (κ1) is 19.5. The van der Waals surface area contributed by atoms with Gasteiger partial charge >= 0.3 is 0 Å². The summed E-state index contributed by atoms with van der Waals surface area (Å²) in [5, 5.41) is 6.77. The lowest BCUT2D eigenvalue weighted by atomic mass is 10.1. The van der Waals surface area contributed by atoms with Gasteiger partial charge < -0.3 is 15.0 Å². The summed E-state index contributed by atoms with van der Waals surface area (Å²) in [7, 11) is 1.80. The Labute approximate surface area is 172 Å². The number of imidazole rings is 1. The Morgan fingerprint density at radius 3 is 2.59 bits per heavy atom. The number of benzene rings is 1. The topological polar surface area (TPSA) is 57.0 Å². The Kier molecular flexibility index (Phi) is 6.42. The first-order valence-corrected chi connectivity index (χ1v) is 10.5. The second-order valence-corrected chi connectivity index (χ2v) is 7.60. The quantitative estimate of drug-likeness (QED) is 0.481. The monoisotopic (exact) mass is 390 g/mol. The highest BCUT2D eigenvalue weighted by Crippen LogP contribution is 2.13. The van der Waals surface area contributed by atoms with Gasteiger partial charge in [-0.3, -0.25) is 9.89 Å². The highest BCUT2D eigenvalue weighted by molar-refractivity contribution is 5.79. The third kappa shape index (κ3) is 5.35. The molecule has 3 heterocycles. The van der Waals surface area contributed by atoms with E-state index in [-0.39, 0.29) is 0 Å². The average Bonchev–Trinajstić information content (AvgIpc) is 3.41. The standard InChI is InChI=1S/C23H30N6/c1-24-23(25-12-11-21-18-29-15-3-2-6-22(29)27-21)26-16-19-7-9-20(10-8-19)17-28-13-4-5-14-28/h2-3,6-10,15,18H,4-5,11-14,16-17H2,1H3,(H2,24,25,26). The van der Waals surface area contributed by atoms with Gasteiger partial charge in [-0.1, -0.05) is 30.3 Å². The van der Waals surface area contributed by atoms with Crippen LogP contribution in [0.3, 0.4) is 0 Å². The maximum Gasteiger partial charge on any atom is 0.191 e. The summed E-state index contributed by atoms with van der Waals surface area (Å²) < 4.78 is 2.05. The molecule has 0 saturated carbocycles. The van der Waals surface area contributed by atoms with Crippen molar-refractivity contribution in [1.82, 2.24) is 24.9 Å². The van der Waals surface area contributed by atoms with Gasteiger partial charge in [-0.2, -0.15) is 0 Å². The van der Waals surface area contributed by atoms with E-state index in [0.717, 1.165) is 43.4 Å². The zero-order valence-corrected chi connectivity index (χ0v) is 17.1. The smallest absolute Gasteiger partial charge is 0.191 e. The number of aliphatic imine (C=N–C) groups is 1. The van der Waals surface area contributed by atoms with Crippen molar-refractivity contribution >= 4 is 11.6 Å². The zero-order valence-electron chi connectivity index (χ0n) is 17.1. The van der Waals surface area contributed by atoms with Gasteiger partial charge in [0.05, 0.1) is 5.69 Å². The summed E-state index contributed by atoms with van der Waals surface area (Å²) in [6.07, 6.45) is 7.64. The molecular weight excluding hydrogens is 360 g/mol. The van der Waals surface area contributed by atoms with Crippen LogP contribution >= 0.6 is 0 Å². The van der Waals surface area contributed by atoms with Crippen molar-refractivity contribution in [1.29, 1.82) is 0 Å². The van der Waals surface area contributed by atoms with Crippen LogP contribution in [0.1, 0.15) is 29.7 Å². The van der Waals surface area contributed by atoms with Gasteiger partial charge in [0.1, 0.15) is 5.65 Å². The second-order valence-electron chi connectivity index (χ2n) is 7.60. The average molecular weight is 391 g/mol. The predicted octanol–water partition coefficient (Wildman–Crippen LogP) is 2.84. The molecule has 1 saturated heterocycles. The van der Waals surface area contributed by atoms with Crippen molar-refractivity contribution in [3.63, 3.8) is 0 Å². The van der Waals surface area contributed by atoms with E-state index >= 15 is 0 Å². The molecule has 29 heavy (non-hydrogen) atoms. The zero-order chi connectivity index (χ0) is 19.9. The first-order valence-electron chi connectivity index (χ1n) is 10.5. The highest BCUT2D eigenvalue weighted by atomic mass is 15.2. The van der Waals surface area contributed by atoms with Gasteiger partial charge in [-0.05, 0) is 49.2 Å². The third-order valence-corrected chi connectivity index (χ3v) is 5.40. The largest absolute Gasteiger partial charge is 0.356 e. The number of aromatic nitrogens is 2. The van der Waals surface area contributed by atoms with E-state index in [4.69, 9.17) is 0 Å². The van der Waals surface area contributed by atoms with Crippen molar-refractivity contribution < 1.29 is 0 Å². The molecule has 1 aromatic carbocycles. The first-order chi connectivity index (χ1) is 14.3. The molecule has 0 aliphatic carbocycles. The fraction of sp³-hybridized carbons (Fsp3) is 0.391. The molecule has 0 unspecified atom stereocenters. The lowest BCUT2D eigenvalue weighted by Crippen LogP contribution is -2.37. The molecule has 4 rings (SSSR count). The minimum atomic E-state index is 0.762. The summed E-state index contributed by atoms with van der Waals surface area (Å²) in [4.78, 5) is 11.5. The number of pyridine rings is 1. The fourth-order valence-corrected chi connectivity index (χ4v) is 3.78. The van der Waals surface area contributed by atoms with Crippen LogP contribution in [-0.4, -0.2) is 46.9 Å². The molecule has 2 N–H and O–H groups in total. The molecule has 152 valence electrons. The summed E-state index contributed by atoms with van der Waals surface area (Å²) in [5.41, 5.74) is 4.72. The Balaban J connectivity index is 1.21. The van der Waals surface area contributed by atoms with Crippen LogP contribution in [0.25, 0.3) is 5.65 Å². The number of fused-ring (bicyclic) bond motifs is 1. The molecule has 6 nitrogen and oxygen atoms in total. The molecule has 0 bridgehead atoms. The number of rotatable bonds is 7. The van der Waals surface area contributed by atoms with Gasteiger partial charge in [-0.25, -0.2) is 4.98 Å². The number of nitrogens with one attached hydrogen (secondary N) is 2. The molecule has 0 amide bonds. The Morgan fingerprint density at radius 2 is 1.83 bits per heavy atom. The van der Waals surface area contributed by atoms with E-state index in [2.05, 4.69) is 60.4 Å². The fourth-order valence-electron chi connectivity index (χ4n) is 3.78. The lowest BCUT2D eigenvalue weighted by Gasteiger charge is -2.15. The SMILES string of the molecule is CN=C(NCCc1cn2ccccc2n1)NCc1ccc(CN2CCCC2)cc1. The van der Waals surface area contributed by atoms with Crippen LogP contribution in [0.4, 0.5) is 0 Å². The van der Waals surface area contributed by atoms with Gasteiger partial charge in [0.15, 0.2) is 5.96 Å². The highest BCUT2D eigenvalue weighted by Gasteiger charge is 2.11. The Hall–Kier alpha value is -2.86. The molecule has 1 aliphatic heterocycles. The molecule has 1 aliphatic rings. The summed E-state index contributed by atoms with van der Waals surface area (Å²) in [5.74, 6) is 0.815. The van der Waals surface area contributed by atoms with Crippen LogP contribution in [0.15, 0.2) is 59.9 Å². The molecule has 0 atom stereocenters. The summed E-state index contributed by atoms with van der Waals surface area (Å²) in [6, 6.07) is 15.0. The molecule has 0 spiro atoms. The van der Waals surface area contributed by atoms with Crippen molar-refractivity contribution in [3.05, 3.63) is 71.7 Å². The van der Waals surface area contributed by atoms with E-state index in [0.29, 0.717) is 0 Å². The van der Waals surface area contributed by atoms with Crippen LogP contribution in [0, 0.1) is 0 Å². The van der Waals surface area contributed by atoms with Gasteiger partial charge in [0.25, 0.3) is 0 Å². The summed E-state index contributed by atoms with van der Waals surface area (Å²) >= 11 is 0. The van der Waals surface area contributed by atoms with Crippen LogP contribution < -0.4 is 10.6 Å². The number of nitrogens with zero attached hydrogens (tertiary/aromatic N) is 4. The van der Waals surface area contributed by atoms with E-state index in [1.54, 1.807) is 7.05 Å². The minimum absolute atomic E-state index is 0.762. The van der Waals surface area contributed by atoms with Crippen molar-refractivity contribution in [2.75, 3.05) is 26.7 Å². The molecule has 2 aromatic heterocycles. The third-order valence-electron chi connectivity index (χ3n) is 5.40. The van der Waals surface area contributed by atoms with Gasteiger partial charge in [-0.15, -0.1) is 0 Å². The van der Waals surface area contributed by atoms with Crippen LogP contribution in [0.5, 0.6) is 0 Å². The molecule has 0 radical (unpaired) electrons. The normalized spacial score (nSPS) is 15.1. The number of hydrogen-bond donors (Lipinski definition) is 2. The minimum Gasteiger partial charge on any atom is -0.356 e.